The fourth-order valence-electron chi connectivity index (χ4n) is 3.79. The first kappa shape index (κ1) is 23.0. The number of rotatable bonds is 5. The van der Waals surface area contributed by atoms with Gasteiger partial charge in [0.1, 0.15) is 16.4 Å². The van der Waals surface area contributed by atoms with E-state index >= 15 is 0 Å². The minimum atomic E-state index is -0.524. The molecule has 2 heterocycles. The number of thioether (sulfide) groups is 1. The van der Waals surface area contributed by atoms with Crippen LogP contribution in [0.3, 0.4) is 0 Å². The molecule has 3 aromatic rings. The highest BCUT2D eigenvalue weighted by molar-refractivity contribution is 7.99. The molecule has 0 spiro atoms. The van der Waals surface area contributed by atoms with Gasteiger partial charge in [0.25, 0.3) is 0 Å². The molecular formula is C26H29NO3S2. The Labute approximate surface area is 198 Å². The van der Waals surface area contributed by atoms with Crippen molar-refractivity contribution in [1.29, 1.82) is 0 Å². The second-order valence-corrected chi connectivity index (χ2v) is 11.3. The standard InChI is InChI=1S/C26H29NO3S2/c1-26(2,3)20-15-18(17-27-11-13-31-14-12-27)9-10-23(20)32-24-21(28)16-22(30-25(24)29)19-7-5-4-6-8-19/h4-10,15-16,28H,11-14,17H2,1-3H3. The minimum Gasteiger partial charge on any atom is -0.506 e. The first-order valence-corrected chi connectivity index (χ1v) is 12.8. The van der Waals surface area contributed by atoms with Crippen LogP contribution in [0.4, 0.5) is 0 Å². The molecule has 0 atom stereocenters. The van der Waals surface area contributed by atoms with Gasteiger partial charge in [-0.2, -0.15) is 11.8 Å². The average Bonchev–Trinajstić information content (AvgIpc) is 2.77. The Bertz CT molecular complexity index is 1130. The summed E-state index contributed by atoms with van der Waals surface area (Å²) in [5.41, 5.74) is 2.57. The van der Waals surface area contributed by atoms with Gasteiger partial charge in [-0.15, -0.1) is 0 Å². The van der Waals surface area contributed by atoms with Crippen molar-refractivity contribution in [3.05, 3.63) is 76.1 Å². The largest absolute Gasteiger partial charge is 0.506 e. The fourth-order valence-corrected chi connectivity index (χ4v) is 5.88. The molecule has 0 aliphatic carbocycles. The summed E-state index contributed by atoms with van der Waals surface area (Å²) in [5.74, 6) is 2.69. The van der Waals surface area contributed by atoms with E-state index in [0.29, 0.717) is 5.76 Å². The van der Waals surface area contributed by atoms with Gasteiger partial charge in [0.05, 0.1) is 0 Å². The fraction of sp³-hybridized carbons (Fsp3) is 0.346. The third-order valence-corrected chi connectivity index (χ3v) is 7.62. The summed E-state index contributed by atoms with van der Waals surface area (Å²) in [6, 6.07) is 17.3. The molecule has 0 saturated carbocycles. The van der Waals surface area contributed by atoms with Gasteiger partial charge in [0, 0.05) is 47.7 Å². The van der Waals surface area contributed by atoms with Gasteiger partial charge in [-0.3, -0.25) is 4.90 Å². The molecule has 1 fully saturated rings. The van der Waals surface area contributed by atoms with E-state index in [4.69, 9.17) is 4.42 Å². The van der Waals surface area contributed by atoms with Crippen LogP contribution in [0.5, 0.6) is 5.75 Å². The van der Waals surface area contributed by atoms with Crippen molar-refractivity contribution in [3.8, 4) is 17.1 Å². The molecular weight excluding hydrogens is 438 g/mol. The molecule has 0 radical (unpaired) electrons. The Morgan fingerprint density at radius 1 is 1.06 bits per heavy atom. The summed E-state index contributed by atoms with van der Waals surface area (Å²) in [6.07, 6.45) is 0. The topological polar surface area (TPSA) is 53.7 Å². The predicted molar refractivity (Wildman–Crippen MR) is 134 cm³/mol. The Morgan fingerprint density at radius 2 is 1.78 bits per heavy atom. The molecule has 32 heavy (non-hydrogen) atoms. The Hall–Kier alpha value is -2.15. The zero-order valence-electron chi connectivity index (χ0n) is 18.8. The number of benzene rings is 2. The SMILES string of the molecule is CC(C)(C)c1cc(CN2CCSCC2)ccc1Sc1c(O)cc(-c2ccccc2)oc1=O. The molecule has 0 bridgehead atoms. The highest BCUT2D eigenvalue weighted by Gasteiger charge is 2.23. The quantitative estimate of drug-likeness (QED) is 0.496. The van der Waals surface area contributed by atoms with Crippen molar-refractivity contribution in [2.75, 3.05) is 24.6 Å². The van der Waals surface area contributed by atoms with E-state index in [9.17, 15) is 9.90 Å². The van der Waals surface area contributed by atoms with E-state index in [2.05, 4.69) is 43.9 Å². The smallest absolute Gasteiger partial charge is 0.354 e. The molecule has 168 valence electrons. The third-order valence-electron chi connectivity index (χ3n) is 5.52. The number of aromatic hydroxyl groups is 1. The normalized spacial score (nSPS) is 15.1. The van der Waals surface area contributed by atoms with Crippen molar-refractivity contribution in [1.82, 2.24) is 4.90 Å². The molecule has 1 aliphatic heterocycles. The van der Waals surface area contributed by atoms with Crippen LogP contribution in [-0.4, -0.2) is 34.6 Å². The van der Waals surface area contributed by atoms with E-state index in [1.807, 2.05) is 42.1 Å². The number of hydrogen-bond acceptors (Lipinski definition) is 6. The van der Waals surface area contributed by atoms with Gasteiger partial charge in [0.15, 0.2) is 0 Å². The van der Waals surface area contributed by atoms with Gasteiger partial charge in [-0.05, 0) is 22.6 Å². The van der Waals surface area contributed by atoms with Gasteiger partial charge < -0.3 is 9.52 Å². The van der Waals surface area contributed by atoms with E-state index in [-0.39, 0.29) is 16.1 Å². The number of nitrogens with zero attached hydrogens (tertiary/aromatic N) is 1. The third kappa shape index (κ3) is 5.42. The average molecular weight is 468 g/mol. The summed E-state index contributed by atoms with van der Waals surface area (Å²) < 4.78 is 5.55. The first-order chi connectivity index (χ1) is 15.3. The van der Waals surface area contributed by atoms with Crippen LogP contribution >= 0.6 is 23.5 Å². The monoisotopic (exact) mass is 467 g/mol. The van der Waals surface area contributed by atoms with Crippen LogP contribution in [-0.2, 0) is 12.0 Å². The Balaban J connectivity index is 1.64. The maximum absolute atomic E-state index is 12.8. The first-order valence-electron chi connectivity index (χ1n) is 10.8. The Morgan fingerprint density at radius 3 is 2.44 bits per heavy atom. The van der Waals surface area contributed by atoms with E-state index in [1.54, 1.807) is 0 Å². The molecule has 1 aromatic heterocycles. The summed E-state index contributed by atoms with van der Waals surface area (Å²) >= 11 is 3.30. The van der Waals surface area contributed by atoms with Crippen LogP contribution in [0.2, 0.25) is 0 Å². The maximum Gasteiger partial charge on any atom is 0.354 e. The van der Waals surface area contributed by atoms with Crippen LogP contribution in [0.1, 0.15) is 31.9 Å². The molecule has 4 rings (SSSR count). The van der Waals surface area contributed by atoms with Crippen molar-refractivity contribution >= 4 is 23.5 Å². The van der Waals surface area contributed by atoms with Gasteiger partial charge in [-0.1, -0.05) is 75.0 Å². The zero-order valence-corrected chi connectivity index (χ0v) is 20.4. The summed E-state index contributed by atoms with van der Waals surface area (Å²) in [6.45, 7) is 9.70. The molecule has 2 aromatic carbocycles. The van der Waals surface area contributed by atoms with Crippen LogP contribution in [0.25, 0.3) is 11.3 Å². The Kier molecular flexibility index (Phi) is 7.03. The predicted octanol–water partition coefficient (Wildman–Crippen LogP) is 6.01. The van der Waals surface area contributed by atoms with Gasteiger partial charge in [-0.25, -0.2) is 4.79 Å². The molecule has 1 aliphatic rings. The minimum absolute atomic E-state index is 0.0557. The number of hydrogen-bond donors (Lipinski definition) is 1. The van der Waals surface area contributed by atoms with Gasteiger partial charge in [0.2, 0.25) is 0 Å². The molecule has 6 heteroatoms. The van der Waals surface area contributed by atoms with Crippen LogP contribution < -0.4 is 5.63 Å². The van der Waals surface area contributed by atoms with Crippen molar-refractivity contribution in [2.45, 2.75) is 42.5 Å². The maximum atomic E-state index is 12.8. The van der Waals surface area contributed by atoms with Crippen molar-refractivity contribution < 1.29 is 9.52 Å². The highest BCUT2D eigenvalue weighted by atomic mass is 32.2. The van der Waals surface area contributed by atoms with E-state index in [1.165, 1.54) is 34.9 Å². The van der Waals surface area contributed by atoms with E-state index < -0.39 is 5.63 Å². The lowest BCUT2D eigenvalue weighted by Gasteiger charge is -2.28. The molecule has 1 N–H and O–H groups in total. The lowest BCUT2D eigenvalue weighted by Crippen LogP contribution is -2.32. The highest BCUT2D eigenvalue weighted by Crippen LogP contribution is 2.40. The zero-order chi connectivity index (χ0) is 22.7. The lowest BCUT2D eigenvalue weighted by molar-refractivity contribution is 0.294. The molecule has 1 saturated heterocycles. The van der Waals surface area contributed by atoms with Crippen LogP contribution in [0.15, 0.2) is 73.6 Å². The molecule has 0 unspecified atom stereocenters. The second-order valence-electron chi connectivity index (χ2n) is 9.05. The second kappa shape index (κ2) is 9.77. The van der Waals surface area contributed by atoms with Crippen molar-refractivity contribution in [2.24, 2.45) is 0 Å². The summed E-state index contributed by atoms with van der Waals surface area (Å²) in [4.78, 5) is 16.4. The lowest BCUT2D eigenvalue weighted by atomic mass is 9.86. The van der Waals surface area contributed by atoms with Crippen LogP contribution in [0, 0.1) is 0 Å². The van der Waals surface area contributed by atoms with Gasteiger partial charge >= 0.3 is 5.63 Å². The summed E-state index contributed by atoms with van der Waals surface area (Å²) in [7, 11) is 0. The molecule has 0 amide bonds. The van der Waals surface area contributed by atoms with E-state index in [0.717, 1.165) is 35.7 Å². The molecule has 4 nitrogen and oxygen atoms in total. The summed E-state index contributed by atoms with van der Waals surface area (Å²) in [5, 5.41) is 10.7. The van der Waals surface area contributed by atoms with Crippen molar-refractivity contribution in [3.63, 3.8) is 0 Å².